The first-order chi connectivity index (χ1) is 16.4. The van der Waals surface area contributed by atoms with E-state index in [1.54, 1.807) is 13.0 Å². The maximum absolute atomic E-state index is 12.7. The minimum atomic E-state index is -0.467. The molecule has 4 rings (SSSR count). The second-order valence-electron chi connectivity index (χ2n) is 7.63. The number of ether oxygens (including phenoxy) is 1. The molecule has 0 fully saturated rings. The number of nitro groups is 1. The molecule has 1 aliphatic rings. The van der Waals surface area contributed by atoms with Crippen LogP contribution >= 0.6 is 22.7 Å². The molecule has 2 aromatic heterocycles. The number of rotatable bonds is 8. The highest BCUT2D eigenvalue weighted by atomic mass is 32.1. The highest BCUT2D eigenvalue weighted by Gasteiger charge is 2.29. The van der Waals surface area contributed by atoms with Crippen molar-refractivity contribution >= 4 is 50.6 Å². The summed E-state index contributed by atoms with van der Waals surface area (Å²) in [5.74, 6) is -0.856. The highest BCUT2D eigenvalue weighted by molar-refractivity contribution is 7.17. The van der Waals surface area contributed by atoms with Crippen LogP contribution in [0.5, 0.6) is 0 Å². The van der Waals surface area contributed by atoms with Crippen LogP contribution in [0.3, 0.4) is 0 Å². The van der Waals surface area contributed by atoms with E-state index < -0.39 is 16.8 Å². The summed E-state index contributed by atoms with van der Waals surface area (Å²) in [6.45, 7) is 4.29. The van der Waals surface area contributed by atoms with Gasteiger partial charge in [0.05, 0.1) is 17.1 Å². The molecule has 0 spiro atoms. The molecule has 0 bridgehead atoms. The lowest BCUT2D eigenvalue weighted by molar-refractivity contribution is -0.380. The quantitative estimate of drug-likeness (QED) is 0.201. The van der Waals surface area contributed by atoms with Gasteiger partial charge in [-0.15, -0.1) is 11.3 Å². The average molecular weight is 498 g/mol. The van der Waals surface area contributed by atoms with E-state index in [1.807, 2.05) is 18.2 Å². The van der Waals surface area contributed by atoms with E-state index in [-0.39, 0.29) is 11.6 Å². The summed E-state index contributed by atoms with van der Waals surface area (Å²) in [6.07, 6.45) is 3.52. The van der Waals surface area contributed by atoms with Gasteiger partial charge in [-0.3, -0.25) is 19.8 Å². The first kappa shape index (κ1) is 23.8. The number of nitrogens with zero attached hydrogens (tertiary/aromatic N) is 2. The van der Waals surface area contributed by atoms with Crippen molar-refractivity contribution in [2.24, 2.45) is 0 Å². The second-order valence-corrected chi connectivity index (χ2v) is 9.83. The Morgan fingerprint density at radius 3 is 2.71 bits per heavy atom. The fraction of sp³-hybridized carbons (Fsp3) is 0.250. The first-order valence-electron chi connectivity index (χ1n) is 10.8. The summed E-state index contributed by atoms with van der Waals surface area (Å²) in [5.41, 5.74) is 2.58. The van der Waals surface area contributed by atoms with Crippen LogP contribution in [0.4, 0.5) is 10.0 Å². The third-order valence-electron chi connectivity index (χ3n) is 5.29. The summed E-state index contributed by atoms with van der Waals surface area (Å²) < 4.78 is 5.27. The summed E-state index contributed by atoms with van der Waals surface area (Å²) in [4.78, 5) is 39.7. The largest absolute Gasteiger partial charge is 0.462 e. The zero-order valence-electron chi connectivity index (χ0n) is 18.5. The van der Waals surface area contributed by atoms with Gasteiger partial charge in [0.25, 0.3) is 0 Å². The number of benzene rings is 1. The van der Waals surface area contributed by atoms with Crippen LogP contribution in [-0.4, -0.2) is 34.9 Å². The van der Waals surface area contributed by atoms with E-state index in [2.05, 4.69) is 22.3 Å². The number of carbonyl (C=O) groups excluding carboxylic acids is 2. The molecule has 0 saturated carbocycles. The zero-order chi connectivity index (χ0) is 24.1. The highest BCUT2D eigenvalue weighted by Crippen LogP contribution is 2.38. The summed E-state index contributed by atoms with van der Waals surface area (Å²) in [6, 6.07) is 13.2. The number of anilines is 1. The van der Waals surface area contributed by atoms with Gasteiger partial charge in [0.15, 0.2) is 0 Å². The van der Waals surface area contributed by atoms with Gasteiger partial charge in [0.1, 0.15) is 5.00 Å². The molecule has 10 heteroatoms. The third-order valence-corrected chi connectivity index (χ3v) is 7.43. The van der Waals surface area contributed by atoms with Gasteiger partial charge in [-0.25, -0.2) is 4.79 Å². The molecule has 0 aliphatic carbocycles. The molecule has 1 aliphatic heterocycles. The van der Waals surface area contributed by atoms with Crippen molar-refractivity contribution in [3.63, 3.8) is 0 Å². The van der Waals surface area contributed by atoms with Crippen LogP contribution in [0.1, 0.15) is 38.2 Å². The normalized spacial score (nSPS) is 13.6. The molecule has 0 atom stereocenters. The number of nitrogens with one attached hydrogen (secondary N) is 1. The molecule has 176 valence electrons. The van der Waals surface area contributed by atoms with Crippen molar-refractivity contribution in [3.05, 3.63) is 85.1 Å². The number of carbonyl (C=O) groups is 2. The van der Waals surface area contributed by atoms with Gasteiger partial charge < -0.3 is 10.1 Å². The molecular weight excluding hydrogens is 474 g/mol. The van der Waals surface area contributed by atoms with E-state index in [0.717, 1.165) is 34.9 Å². The Labute approximate surface area is 204 Å². The molecule has 1 aromatic carbocycles. The van der Waals surface area contributed by atoms with Gasteiger partial charge in [-0.1, -0.05) is 41.7 Å². The van der Waals surface area contributed by atoms with Crippen molar-refractivity contribution in [1.82, 2.24) is 4.90 Å². The van der Waals surface area contributed by atoms with Gasteiger partial charge in [0, 0.05) is 41.5 Å². The van der Waals surface area contributed by atoms with Gasteiger partial charge >= 0.3 is 11.0 Å². The van der Waals surface area contributed by atoms with Crippen molar-refractivity contribution in [1.29, 1.82) is 0 Å². The Morgan fingerprint density at radius 1 is 1.21 bits per heavy atom. The smallest absolute Gasteiger partial charge is 0.341 e. The molecule has 8 nitrogen and oxygen atoms in total. The number of thiophene rings is 2. The Kier molecular flexibility index (Phi) is 7.51. The third kappa shape index (κ3) is 5.58. The SMILES string of the molecule is CCOC(=O)c1c(NC(=O)C=Cc2ccc([N+](=O)[O-])s2)sc2c1CCN(Cc1ccccc1)C2. The monoisotopic (exact) mass is 497 g/mol. The van der Waals surface area contributed by atoms with E-state index in [9.17, 15) is 19.7 Å². The first-order valence-corrected chi connectivity index (χ1v) is 12.4. The van der Waals surface area contributed by atoms with Crippen molar-refractivity contribution in [3.8, 4) is 0 Å². The minimum absolute atomic E-state index is 0.00986. The van der Waals surface area contributed by atoms with Gasteiger partial charge in [0.2, 0.25) is 5.91 Å². The van der Waals surface area contributed by atoms with Crippen LogP contribution in [0.25, 0.3) is 6.08 Å². The van der Waals surface area contributed by atoms with Gasteiger partial charge in [-0.05, 0) is 36.6 Å². The zero-order valence-corrected chi connectivity index (χ0v) is 20.1. The van der Waals surface area contributed by atoms with Crippen molar-refractivity contribution in [2.45, 2.75) is 26.4 Å². The van der Waals surface area contributed by atoms with Crippen LogP contribution < -0.4 is 5.32 Å². The molecule has 34 heavy (non-hydrogen) atoms. The van der Waals surface area contributed by atoms with Gasteiger partial charge in [-0.2, -0.15) is 0 Å². The Bertz CT molecular complexity index is 1230. The topological polar surface area (TPSA) is 102 Å². The van der Waals surface area contributed by atoms with E-state index in [1.165, 1.54) is 35.1 Å². The number of hydrogen-bond donors (Lipinski definition) is 1. The lowest BCUT2D eigenvalue weighted by Crippen LogP contribution is -2.29. The minimum Gasteiger partial charge on any atom is -0.462 e. The fourth-order valence-electron chi connectivity index (χ4n) is 3.78. The van der Waals surface area contributed by atoms with Crippen LogP contribution in [0, 0.1) is 10.1 Å². The number of fused-ring (bicyclic) bond motifs is 1. The molecule has 0 saturated heterocycles. The predicted molar refractivity (Wildman–Crippen MR) is 133 cm³/mol. The Morgan fingerprint density at radius 2 is 2.00 bits per heavy atom. The number of amides is 1. The maximum Gasteiger partial charge on any atom is 0.341 e. The Hall–Kier alpha value is -3.34. The molecule has 0 unspecified atom stereocenters. The lowest BCUT2D eigenvalue weighted by Gasteiger charge is -2.27. The van der Waals surface area contributed by atoms with E-state index >= 15 is 0 Å². The van der Waals surface area contributed by atoms with Crippen LogP contribution in [-0.2, 0) is 29.0 Å². The molecule has 1 amide bonds. The fourth-order valence-corrected chi connectivity index (χ4v) is 5.79. The van der Waals surface area contributed by atoms with Crippen LogP contribution in [0.2, 0.25) is 0 Å². The van der Waals surface area contributed by atoms with Crippen molar-refractivity contribution < 1.29 is 19.2 Å². The molecular formula is C24H23N3O5S2. The summed E-state index contributed by atoms with van der Waals surface area (Å²) in [5, 5.41) is 14.1. The standard InChI is InChI=1S/C24H23N3O5S2/c1-2-32-24(29)22-18-12-13-26(14-16-6-4-3-5-7-16)15-19(18)34-23(22)25-20(28)10-8-17-9-11-21(33-17)27(30)31/h3-11H,2,12-15H2,1H3,(H,25,28). The summed E-state index contributed by atoms with van der Waals surface area (Å²) in [7, 11) is 0. The number of hydrogen-bond acceptors (Lipinski definition) is 8. The second kappa shape index (κ2) is 10.7. The Balaban J connectivity index is 1.52. The van der Waals surface area contributed by atoms with E-state index in [0.29, 0.717) is 28.4 Å². The predicted octanol–water partition coefficient (Wildman–Crippen LogP) is 5.10. The molecule has 0 radical (unpaired) electrons. The molecule has 1 N–H and O–H groups in total. The summed E-state index contributed by atoms with van der Waals surface area (Å²) >= 11 is 2.38. The lowest BCUT2D eigenvalue weighted by atomic mass is 10.0. The number of esters is 1. The van der Waals surface area contributed by atoms with Crippen LogP contribution in [0.15, 0.2) is 48.5 Å². The molecule has 3 heterocycles. The maximum atomic E-state index is 12.7. The van der Waals surface area contributed by atoms with E-state index in [4.69, 9.17) is 4.74 Å². The van der Waals surface area contributed by atoms with Crippen molar-refractivity contribution in [2.75, 3.05) is 18.5 Å². The molecule has 3 aromatic rings. The average Bonchev–Trinajstić information content (AvgIpc) is 3.43.